The highest BCUT2D eigenvalue weighted by atomic mass is 15.3. The fourth-order valence-electron chi connectivity index (χ4n) is 3.18. The number of hydrogen-bond acceptors (Lipinski definition) is 2. The molecule has 0 aromatic heterocycles. The molecule has 3 rings (SSSR count). The first kappa shape index (κ1) is 20.8. The third-order valence-corrected chi connectivity index (χ3v) is 4.88. The lowest BCUT2D eigenvalue weighted by Crippen LogP contribution is -2.34. The summed E-state index contributed by atoms with van der Waals surface area (Å²) in [7, 11) is 6.44. The van der Waals surface area contributed by atoms with Crippen LogP contribution >= 0.6 is 0 Å². The van der Waals surface area contributed by atoms with Crippen molar-refractivity contribution in [2.24, 2.45) is 0 Å². The van der Waals surface area contributed by atoms with Crippen LogP contribution in [0.2, 0.25) is 0 Å². The molecule has 0 amide bonds. The van der Waals surface area contributed by atoms with E-state index in [1.807, 2.05) is 66.8 Å². The van der Waals surface area contributed by atoms with E-state index in [2.05, 4.69) is 57.6 Å². The molecular formula is C27H24N3+. The standard InChI is InChI=1S/C27H24N3/c1-30(2,3)26-16-14-23(15-17-26)22-11-7-8-21(12-13-22)18-27(25(19-28)20-29)24-9-5-4-6-10-24/h4-18H,1-3H3/q+1/b21-18+. The molecule has 3 nitrogen and oxygen atoms in total. The molecular weight excluding hydrogens is 366 g/mol. The van der Waals surface area contributed by atoms with Crippen LogP contribution < -0.4 is 4.48 Å². The van der Waals surface area contributed by atoms with Gasteiger partial charge in [-0.05, 0) is 52.6 Å². The predicted molar refractivity (Wildman–Crippen MR) is 125 cm³/mol. The van der Waals surface area contributed by atoms with Crippen molar-refractivity contribution < 1.29 is 0 Å². The molecule has 2 aromatic rings. The second-order valence-corrected chi connectivity index (χ2v) is 7.90. The highest BCUT2D eigenvalue weighted by Gasteiger charge is 2.12. The summed E-state index contributed by atoms with van der Waals surface area (Å²) >= 11 is 0. The number of allylic oxidation sites excluding steroid dienone is 10. The van der Waals surface area contributed by atoms with Crippen molar-refractivity contribution in [1.82, 2.24) is 4.48 Å². The van der Waals surface area contributed by atoms with Crippen molar-refractivity contribution in [3.05, 3.63) is 113 Å². The highest BCUT2D eigenvalue weighted by molar-refractivity contribution is 5.84. The summed E-state index contributed by atoms with van der Waals surface area (Å²) in [5.74, 6) is 0. The van der Waals surface area contributed by atoms with Crippen LogP contribution in [0.25, 0.3) is 11.1 Å². The van der Waals surface area contributed by atoms with Crippen LogP contribution in [0.1, 0.15) is 11.1 Å². The van der Waals surface area contributed by atoms with Gasteiger partial charge in [0.1, 0.15) is 23.4 Å². The van der Waals surface area contributed by atoms with E-state index in [1.54, 1.807) is 0 Å². The summed E-state index contributed by atoms with van der Waals surface area (Å²) in [5.41, 5.74) is 5.98. The van der Waals surface area contributed by atoms with Crippen LogP contribution in [0.5, 0.6) is 0 Å². The van der Waals surface area contributed by atoms with Crippen LogP contribution in [-0.2, 0) is 0 Å². The molecule has 0 heterocycles. The van der Waals surface area contributed by atoms with Crippen molar-refractivity contribution >= 4 is 16.8 Å². The molecule has 146 valence electrons. The van der Waals surface area contributed by atoms with Gasteiger partial charge in [-0.3, -0.25) is 4.48 Å². The predicted octanol–water partition coefficient (Wildman–Crippen LogP) is 5.82. The third kappa shape index (κ3) is 4.92. The number of benzene rings is 2. The zero-order valence-corrected chi connectivity index (χ0v) is 17.5. The third-order valence-electron chi connectivity index (χ3n) is 4.88. The van der Waals surface area contributed by atoms with Crippen molar-refractivity contribution in [1.29, 1.82) is 10.5 Å². The Morgan fingerprint density at radius 2 is 1.50 bits per heavy atom. The SMILES string of the molecule is C[N+](C)(C)c1ccc(C2=CC=C/C(=C\C(=C(C#N)C#N)c3ccccc3)C=C2)cc1. The van der Waals surface area contributed by atoms with Crippen LogP contribution in [-0.4, -0.2) is 21.1 Å². The Morgan fingerprint density at radius 3 is 2.10 bits per heavy atom. The van der Waals surface area contributed by atoms with E-state index in [4.69, 9.17) is 0 Å². The largest absolute Gasteiger partial charge is 0.298 e. The number of rotatable bonds is 4. The highest BCUT2D eigenvalue weighted by Crippen LogP contribution is 2.26. The number of nitriles is 2. The van der Waals surface area contributed by atoms with Crippen molar-refractivity contribution in [2.45, 2.75) is 0 Å². The Morgan fingerprint density at radius 1 is 0.833 bits per heavy atom. The first-order valence-corrected chi connectivity index (χ1v) is 9.73. The Balaban J connectivity index is 1.94. The molecule has 2 aromatic carbocycles. The quantitative estimate of drug-likeness (QED) is 0.488. The average molecular weight is 391 g/mol. The van der Waals surface area contributed by atoms with E-state index in [-0.39, 0.29) is 5.57 Å². The fraction of sp³-hybridized carbons (Fsp3) is 0.111. The van der Waals surface area contributed by atoms with E-state index in [1.165, 1.54) is 5.69 Å². The van der Waals surface area contributed by atoms with Gasteiger partial charge in [0.15, 0.2) is 0 Å². The molecule has 1 aliphatic carbocycles. The molecule has 0 spiro atoms. The Hall–Kier alpha value is -3.92. The summed E-state index contributed by atoms with van der Waals surface area (Å²) in [6, 6.07) is 22.1. The van der Waals surface area contributed by atoms with Gasteiger partial charge in [-0.25, -0.2) is 0 Å². The smallest absolute Gasteiger partial charge is 0.137 e. The van der Waals surface area contributed by atoms with Gasteiger partial charge in [0.05, 0.1) is 21.1 Å². The van der Waals surface area contributed by atoms with Crippen LogP contribution in [0.3, 0.4) is 0 Å². The lowest BCUT2D eigenvalue weighted by atomic mass is 9.98. The molecule has 3 heteroatoms. The molecule has 1 aliphatic rings. The van der Waals surface area contributed by atoms with Crippen LogP contribution in [0, 0.1) is 22.7 Å². The van der Waals surface area contributed by atoms with Gasteiger partial charge in [-0.2, -0.15) is 10.5 Å². The minimum Gasteiger partial charge on any atom is -0.298 e. The number of hydrogen-bond donors (Lipinski definition) is 0. The van der Waals surface area contributed by atoms with E-state index in [0.717, 1.165) is 26.8 Å². The van der Waals surface area contributed by atoms with Crippen molar-refractivity contribution in [3.63, 3.8) is 0 Å². The summed E-state index contributed by atoms with van der Waals surface area (Å²) in [6.07, 6.45) is 12.0. The van der Waals surface area contributed by atoms with Crippen molar-refractivity contribution in [2.75, 3.05) is 21.1 Å². The fourth-order valence-corrected chi connectivity index (χ4v) is 3.18. The number of nitrogens with zero attached hydrogens (tertiary/aromatic N) is 3. The lowest BCUT2D eigenvalue weighted by Gasteiger charge is -2.23. The van der Waals surface area contributed by atoms with Crippen LogP contribution in [0.4, 0.5) is 5.69 Å². The van der Waals surface area contributed by atoms with E-state index in [0.29, 0.717) is 5.57 Å². The molecule has 0 aliphatic heterocycles. The maximum Gasteiger partial charge on any atom is 0.137 e. The van der Waals surface area contributed by atoms with Gasteiger partial charge in [0, 0.05) is 5.57 Å². The first-order chi connectivity index (χ1) is 14.4. The Labute approximate surface area is 178 Å². The lowest BCUT2D eigenvalue weighted by molar-refractivity contribution is 0.486. The molecule has 0 N–H and O–H groups in total. The molecule has 0 atom stereocenters. The first-order valence-electron chi connectivity index (χ1n) is 9.73. The molecule has 0 radical (unpaired) electrons. The topological polar surface area (TPSA) is 47.6 Å². The van der Waals surface area contributed by atoms with Gasteiger partial charge < -0.3 is 0 Å². The number of quaternary nitrogens is 1. The molecule has 30 heavy (non-hydrogen) atoms. The zero-order chi connectivity index (χ0) is 21.6. The van der Waals surface area contributed by atoms with Gasteiger partial charge in [0.25, 0.3) is 0 Å². The maximum atomic E-state index is 9.41. The second kappa shape index (κ2) is 9.05. The maximum absolute atomic E-state index is 9.41. The average Bonchev–Trinajstić information content (AvgIpc) is 2.99. The Kier molecular flexibility index (Phi) is 6.28. The summed E-state index contributed by atoms with van der Waals surface area (Å²) in [5, 5.41) is 18.8. The molecule has 0 unspecified atom stereocenters. The Bertz CT molecular complexity index is 1140. The van der Waals surface area contributed by atoms with Gasteiger partial charge in [0.2, 0.25) is 0 Å². The van der Waals surface area contributed by atoms with E-state index in [9.17, 15) is 10.5 Å². The minimum absolute atomic E-state index is 0.101. The summed E-state index contributed by atoms with van der Waals surface area (Å²) in [4.78, 5) is 0. The van der Waals surface area contributed by atoms with Gasteiger partial charge >= 0.3 is 0 Å². The molecule has 0 saturated heterocycles. The van der Waals surface area contributed by atoms with E-state index < -0.39 is 0 Å². The van der Waals surface area contributed by atoms with E-state index >= 15 is 0 Å². The van der Waals surface area contributed by atoms with Crippen molar-refractivity contribution in [3.8, 4) is 12.1 Å². The van der Waals surface area contributed by atoms with Gasteiger partial charge in [-0.1, -0.05) is 60.7 Å². The zero-order valence-electron chi connectivity index (χ0n) is 17.5. The van der Waals surface area contributed by atoms with Crippen LogP contribution in [0.15, 0.2) is 102 Å². The molecule has 0 fully saturated rings. The summed E-state index contributed by atoms with van der Waals surface area (Å²) in [6.45, 7) is 0. The molecule has 0 saturated carbocycles. The monoisotopic (exact) mass is 390 g/mol. The minimum atomic E-state index is 0.101. The normalized spacial score (nSPS) is 14.4. The molecule has 0 bridgehead atoms. The second-order valence-electron chi connectivity index (χ2n) is 7.90. The summed E-state index contributed by atoms with van der Waals surface area (Å²) < 4.78 is 0.774. The van der Waals surface area contributed by atoms with Gasteiger partial charge in [-0.15, -0.1) is 0 Å².